The molecule has 0 saturated carbocycles. The first kappa shape index (κ1) is 22.0. The van der Waals surface area contributed by atoms with Crippen LogP contribution >= 0.6 is 11.3 Å². The summed E-state index contributed by atoms with van der Waals surface area (Å²) in [5.74, 6) is -0.235. The van der Waals surface area contributed by atoms with E-state index in [1.165, 1.54) is 22.2 Å². The van der Waals surface area contributed by atoms with Gasteiger partial charge in [0.2, 0.25) is 5.91 Å². The minimum Gasteiger partial charge on any atom is -0.324 e. The minimum atomic E-state index is -0.235. The fourth-order valence-electron chi connectivity index (χ4n) is 4.39. The van der Waals surface area contributed by atoms with Crippen LogP contribution in [0.25, 0.3) is 32.1 Å². The molecule has 5 rings (SSSR count). The zero-order valence-corrected chi connectivity index (χ0v) is 20.0. The van der Waals surface area contributed by atoms with Crippen molar-refractivity contribution in [2.75, 3.05) is 5.32 Å². The van der Waals surface area contributed by atoms with E-state index in [1.54, 1.807) is 0 Å². The van der Waals surface area contributed by atoms with E-state index >= 15 is 0 Å². The van der Waals surface area contributed by atoms with Crippen LogP contribution in [0.15, 0.2) is 77.2 Å². The van der Waals surface area contributed by atoms with Gasteiger partial charge in [0, 0.05) is 16.6 Å². The number of anilines is 1. The zero-order valence-electron chi connectivity index (χ0n) is 19.2. The van der Waals surface area contributed by atoms with Gasteiger partial charge in [-0.05, 0) is 46.4 Å². The van der Waals surface area contributed by atoms with Gasteiger partial charge in [-0.25, -0.2) is 4.98 Å². The van der Waals surface area contributed by atoms with Crippen LogP contribution in [0.3, 0.4) is 0 Å². The van der Waals surface area contributed by atoms with Crippen molar-refractivity contribution in [2.24, 2.45) is 0 Å². The van der Waals surface area contributed by atoms with Gasteiger partial charge in [0.25, 0.3) is 5.56 Å². The van der Waals surface area contributed by atoms with E-state index in [-0.39, 0.29) is 18.0 Å². The number of nitrogens with zero attached hydrogens (tertiary/aromatic N) is 2. The quantitative estimate of drug-likeness (QED) is 0.331. The Kier molecular flexibility index (Phi) is 5.99. The van der Waals surface area contributed by atoms with Crippen molar-refractivity contribution in [1.82, 2.24) is 9.55 Å². The molecule has 5 aromatic rings. The van der Waals surface area contributed by atoms with Crippen LogP contribution in [0.2, 0.25) is 0 Å². The number of aryl methyl sites for hydroxylation is 2. The van der Waals surface area contributed by atoms with Gasteiger partial charge < -0.3 is 5.32 Å². The molecule has 0 atom stereocenters. The summed E-state index contributed by atoms with van der Waals surface area (Å²) < 4.78 is 1.40. The lowest BCUT2D eigenvalue weighted by atomic mass is 10.0. The Labute approximate surface area is 201 Å². The third kappa shape index (κ3) is 4.01. The number of carbonyl (C=O) groups excluding carboxylic acids is 1. The number of aromatic nitrogens is 2. The van der Waals surface area contributed by atoms with E-state index in [0.29, 0.717) is 10.2 Å². The maximum atomic E-state index is 13.4. The summed E-state index contributed by atoms with van der Waals surface area (Å²) in [6.07, 6.45) is 3.11. The number of para-hydroxylation sites is 1. The fraction of sp³-hybridized carbons (Fsp3) is 0.179. The molecule has 5 nitrogen and oxygen atoms in total. The normalized spacial score (nSPS) is 11.2. The topological polar surface area (TPSA) is 64.0 Å². The average Bonchev–Trinajstić information content (AvgIpc) is 3.30. The van der Waals surface area contributed by atoms with Gasteiger partial charge in [-0.15, -0.1) is 11.3 Å². The summed E-state index contributed by atoms with van der Waals surface area (Å²) >= 11 is 1.44. The monoisotopic (exact) mass is 467 g/mol. The van der Waals surface area contributed by atoms with E-state index in [0.717, 1.165) is 51.6 Å². The molecule has 0 aliphatic heterocycles. The first-order chi connectivity index (χ1) is 16.6. The van der Waals surface area contributed by atoms with Crippen LogP contribution in [0.1, 0.15) is 25.0 Å². The number of hydrogen-bond acceptors (Lipinski definition) is 4. The largest absolute Gasteiger partial charge is 0.324 e. The maximum Gasteiger partial charge on any atom is 0.263 e. The van der Waals surface area contributed by atoms with Crippen LogP contribution in [0, 0.1) is 0 Å². The molecule has 34 heavy (non-hydrogen) atoms. The third-order valence-corrected chi connectivity index (χ3v) is 7.08. The second-order valence-electron chi connectivity index (χ2n) is 8.28. The van der Waals surface area contributed by atoms with Crippen LogP contribution in [-0.2, 0) is 24.2 Å². The summed E-state index contributed by atoms with van der Waals surface area (Å²) in [7, 11) is 0. The predicted octanol–water partition coefficient (Wildman–Crippen LogP) is 6.04. The molecule has 1 N–H and O–H groups in total. The lowest BCUT2D eigenvalue weighted by molar-refractivity contribution is -0.116. The van der Waals surface area contributed by atoms with Gasteiger partial charge in [0.05, 0.1) is 11.7 Å². The second-order valence-corrected chi connectivity index (χ2v) is 9.13. The van der Waals surface area contributed by atoms with Crippen molar-refractivity contribution in [3.63, 3.8) is 0 Å². The predicted molar refractivity (Wildman–Crippen MR) is 141 cm³/mol. The standard InChI is InChI=1S/C28H25N3O2S/c1-3-18-10-7-11-19(4-2)26(18)30-24(32)15-31-17-29-27-25(28(31)33)23(16-34-27)22-13-12-20-8-5-6-9-21(20)14-22/h5-14,16-17H,3-4,15H2,1-2H3,(H,30,32). The average molecular weight is 468 g/mol. The molecule has 6 heteroatoms. The summed E-state index contributed by atoms with van der Waals surface area (Å²) in [5.41, 5.74) is 4.64. The first-order valence-corrected chi connectivity index (χ1v) is 12.3. The molecule has 2 aromatic heterocycles. The minimum absolute atomic E-state index is 0.0873. The van der Waals surface area contributed by atoms with Gasteiger partial charge in [-0.2, -0.15) is 0 Å². The molecule has 170 valence electrons. The van der Waals surface area contributed by atoms with E-state index in [9.17, 15) is 9.59 Å². The Bertz CT molecular complexity index is 1560. The maximum absolute atomic E-state index is 13.4. The van der Waals surface area contributed by atoms with E-state index in [4.69, 9.17) is 0 Å². The Balaban J connectivity index is 1.49. The number of benzene rings is 3. The molecule has 2 heterocycles. The van der Waals surface area contributed by atoms with Gasteiger partial charge in [0.15, 0.2) is 0 Å². The molecule has 0 unspecified atom stereocenters. The number of rotatable bonds is 6. The molecule has 3 aromatic carbocycles. The highest BCUT2D eigenvalue weighted by molar-refractivity contribution is 7.17. The molecule has 0 spiro atoms. The van der Waals surface area contributed by atoms with Gasteiger partial charge >= 0.3 is 0 Å². The Morgan fingerprint density at radius 1 is 0.971 bits per heavy atom. The highest BCUT2D eigenvalue weighted by atomic mass is 32.1. The van der Waals surface area contributed by atoms with Crippen molar-refractivity contribution in [1.29, 1.82) is 0 Å². The molecule has 0 fully saturated rings. The van der Waals surface area contributed by atoms with Crippen LogP contribution in [0.4, 0.5) is 5.69 Å². The Hall–Kier alpha value is -3.77. The SMILES string of the molecule is CCc1cccc(CC)c1NC(=O)Cn1cnc2scc(-c3ccc4ccccc4c3)c2c1=O. The molecular formula is C28H25N3O2S. The summed E-state index contributed by atoms with van der Waals surface area (Å²) in [6, 6.07) is 20.4. The molecule has 0 radical (unpaired) electrons. The summed E-state index contributed by atoms with van der Waals surface area (Å²) in [4.78, 5) is 31.5. The number of thiophene rings is 1. The lowest BCUT2D eigenvalue weighted by Gasteiger charge is -2.15. The number of nitrogens with one attached hydrogen (secondary N) is 1. The number of amides is 1. The van der Waals surface area contributed by atoms with E-state index < -0.39 is 0 Å². The van der Waals surface area contributed by atoms with Gasteiger partial charge in [-0.3, -0.25) is 14.2 Å². The second kappa shape index (κ2) is 9.23. The van der Waals surface area contributed by atoms with Crippen molar-refractivity contribution < 1.29 is 4.79 Å². The van der Waals surface area contributed by atoms with E-state index in [2.05, 4.69) is 48.4 Å². The molecule has 0 bridgehead atoms. The van der Waals surface area contributed by atoms with Crippen molar-refractivity contribution in [2.45, 2.75) is 33.2 Å². The Morgan fingerprint density at radius 2 is 1.71 bits per heavy atom. The highest BCUT2D eigenvalue weighted by Crippen LogP contribution is 2.32. The Morgan fingerprint density at radius 3 is 2.44 bits per heavy atom. The molecule has 1 amide bonds. The first-order valence-electron chi connectivity index (χ1n) is 11.5. The molecule has 0 aliphatic carbocycles. The third-order valence-electron chi connectivity index (χ3n) is 6.20. The smallest absolute Gasteiger partial charge is 0.263 e. The van der Waals surface area contributed by atoms with Crippen LogP contribution < -0.4 is 10.9 Å². The van der Waals surface area contributed by atoms with Crippen LogP contribution in [-0.4, -0.2) is 15.5 Å². The molecule has 0 aliphatic rings. The van der Waals surface area contributed by atoms with Gasteiger partial charge in [-0.1, -0.05) is 68.4 Å². The lowest BCUT2D eigenvalue weighted by Crippen LogP contribution is -2.28. The number of carbonyl (C=O) groups is 1. The van der Waals surface area contributed by atoms with Crippen molar-refractivity contribution in [3.8, 4) is 11.1 Å². The van der Waals surface area contributed by atoms with E-state index in [1.807, 2.05) is 41.8 Å². The fourth-order valence-corrected chi connectivity index (χ4v) is 5.29. The summed E-state index contributed by atoms with van der Waals surface area (Å²) in [5, 5.41) is 7.83. The van der Waals surface area contributed by atoms with Crippen molar-refractivity contribution in [3.05, 3.63) is 93.9 Å². The number of fused-ring (bicyclic) bond motifs is 2. The number of hydrogen-bond donors (Lipinski definition) is 1. The zero-order chi connectivity index (χ0) is 23.7. The molecular weight excluding hydrogens is 442 g/mol. The highest BCUT2D eigenvalue weighted by Gasteiger charge is 2.16. The van der Waals surface area contributed by atoms with Gasteiger partial charge in [0.1, 0.15) is 11.4 Å². The van der Waals surface area contributed by atoms with Crippen LogP contribution in [0.5, 0.6) is 0 Å². The van der Waals surface area contributed by atoms with Crippen molar-refractivity contribution >= 4 is 43.9 Å². The molecule has 0 saturated heterocycles. The summed E-state index contributed by atoms with van der Waals surface area (Å²) in [6.45, 7) is 4.05.